The molecule has 0 aliphatic heterocycles. The summed E-state index contributed by atoms with van der Waals surface area (Å²) in [5.41, 5.74) is 4.77. The number of hydrazone groups is 1. The van der Waals surface area contributed by atoms with Gasteiger partial charge in [-0.15, -0.1) is 11.3 Å². The molecule has 1 N–H and O–H groups in total. The van der Waals surface area contributed by atoms with Crippen LogP contribution in [0.3, 0.4) is 0 Å². The largest absolute Gasteiger partial charge is 0.497 e. The summed E-state index contributed by atoms with van der Waals surface area (Å²) in [6.07, 6.45) is 1.72. The summed E-state index contributed by atoms with van der Waals surface area (Å²) in [5, 5.41) is 6.96. The molecule has 6 heteroatoms. The lowest BCUT2D eigenvalue weighted by Crippen LogP contribution is -1.94. The Morgan fingerprint density at radius 1 is 1.08 bits per heavy atom. The maximum absolute atomic E-state index is 5.93. The third-order valence-electron chi connectivity index (χ3n) is 3.19. The van der Waals surface area contributed by atoms with Gasteiger partial charge < -0.3 is 9.47 Å². The molecule has 1 aromatic heterocycles. The third kappa shape index (κ3) is 4.11. The van der Waals surface area contributed by atoms with Crippen LogP contribution in [0.5, 0.6) is 17.2 Å². The van der Waals surface area contributed by atoms with Crippen molar-refractivity contribution in [2.75, 3.05) is 12.5 Å². The molecule has 0 spiro atoms. The second kappa shape index (κ2) is 7.61. The van der Waals surface area contributed by atoms with Gasteiger partial charge in [-0.05, 0) is 43.3 Å². The van der Waals surface area contributed by atoms with Gasteiger partial charge in [0.15, 0.2) is 0 Å². The molecule has 0 atom stereocenters. The number of aromatic nitrogens is 1. The van der Waals surface area contributed by atoms with Gasteiger partial charge in [-0.1, -0.05) is 12.1 Å². The quantitative estimate of drug-likeness (QED) is 0.522. The van der Waals surface area contributed by atoms with Gasteiger partial charge in [0.2, 0.25) is 5.13 Å². The summed E-state index contributed by atoms with van der Waals surface area (Å²) in [6.45, 7) is 1.95. The van der Waals surface area contributed by atoms with E-state index in [1.54, 1.807) is 13.3 Å². The topological polar surface area (TPSA) is 55.7 Å². The van der Waals surface area contributed by atoms with Crippen LogP contribution in [0.2, 0.25) is 0 Å². The number of anilines is 1. The van der Waals surface area contributed by atoms with Gasteiger partial charge in [0.1, 0.15) is 17.2 Å². The van der Waals surface area contributed by atoms with Crippen molar-refractivity contribution < 1.29 is 9.47 Å². The van der Waals surface area contributed by atoms with Crippen molar-refractivity contribution in [3.63, 3.8) is 0 Å². The molecule has 0 amide bonds. The Balaban J connectivity index is 1.72. The molecule has 1 heterocycles. The minimum atomic E-state index is 0.725. The lowest BCUT2D eigenvalue weighted by molar-refractivity contribution is 0.413. The van der Waals surface area contributed by atoms with E-state index in [4.69, 9.17) is 9.47 Å². The van der Waals surface area contributed by atoms with E-state index in [0.29, 0.717) is 0 Å². The second-order valence-corrected chi connectivity index (χ2v) is 5.84. The molecule has 0 bridgehead atoms. The van der Waals surface area contributed by atoms with Crippen LogP contribution in [0.15, 0.2) is 59.0 Å². The maximum Gasteiger partial charge on any atom is 0.203 e. The van der Waals surface area contributed by atoms with E-state index in [1.165, 1.54) is 11.3 Å². The molecule has 0 saturated heterocycles. The molecule has 0 aliphatic rings. The summed E-state index contributed by atoms with van der Waals surface area (Å²) in [5.74, 6) is 2.25. The molecule has 3 rings (SSSR count). The van der Waals surface area contributed by atoms with Crippen LogP contribution in [-0.2, 0) is 0 Å². The molecule has 0 radical (unpaired) electrons. The smallest absolute Gasteiger partial charge is 0.203 e. The van der Waals surface area contributed by atoms with E-state index in [9.17, 15) is 0 Å². The third-order valence-corrected chi connectivity index (χ3v) is 4.05. The molecule has 0 unspecified atom stereocenters. The van der Waals surface area contributed by atoms with E-state index < -0.39 is 0 Å². The first-order valence-corrected chi connectivity index (χ1v) is 8.25. The van der Waals surface area contributed by atoms with Crippen molar-refractivity contribution in [1.29, 1.82) is 0 Å². The molecule has 0 saturated carbocycles. The van der Waals surface area contributed by atoms with Crippen molar-refractivity contribution in [2.24, 2.45) is 5.10 Å². The Hall–Kier alpha value is -2.86. The average molecular weight is 339 g/mol. The highest BCUT2D eigenvalue weighted by atomic mass is 32.1. The number of hydrogen-bond donors (Lipinski definition) is 1. The molecule has 5 nitrogen and oxygen atoms in total. The minimum absolute atomic E-state index is 0.725. The fraction of sp³-hybridized carbons (Fsp3) is 0.111. The van der Waals surface area contributed by atoms with E-state index >= 15 is 0 Å². The maximum atomic E-state index is 5.93. The standard InChI is InChI=1S/C18H17N3O2S/c1-13-12-24-18(20-13)21-19-11-14-5-3-4-6-17(14)23-16-9-7-15(22-2)8-10-16/h3-12H,1-2H3,(H,20,21). The van der Waals surface area contributed by atoms with Gasteiger partial charge in [0, 0.05) is 10.9 Å². The predicted molar refractivity (Wildman–Crippen MR) is 97.6 cm³/mol. The molecule has 0 fully saturated rings. The summed E-state index contributed by atoms with van der Waals surface area (Å²) >= 11 is 1.52. The van der Waals surface area contributed by atoms with E-state index in [1.807, 2.05) is 60.8 Å². The fourth-order valence-corrected chi connectivity index (χ4v) is 2.65. The Kier molecular flexibility index (Phi) is 5.08. The van der Waals surface area contributed by atoms with Crippen molar-refractivity contribution >= 4 is 22.7 Å². The number of rotatable bonds is 6. The van der Waals surface area contributed by atoms with Crippen LogP contribution in [0.4, 0.5) is 5.13 Å². The van der Waals surface area contributed by atoms with Crippen LogP contribution in [0.25, 0.3) is 0 Å². The van der Waals surface area contributed by atoms with Crippen molar-refractivity contribution in [2.45, 2.75) is 6.92 Å². The van der Waals surface area contributed by atoms with Gasteiger partial charge in [-0.25, -0.2) is 4.98 Å². The number of aryl methyl sites for hydroxylation is 1. The van der Waals surface area contributed by atoms with E-state index in [2.05, 4.69) is 15.5 Å². The first-order chi connectivity index (χ1) is 11.7. The van der Waals surface area contributed by atoms with Crippen LogP contribution >= 0.6 is 11.3 Å². The lowest BCUT2D eigenvalue weighted by Gasteiger charge is -2.09. The Bertz CT molecular complexity index is 828. The normalized spacial score (nSPS) is 10.8. The van der Waals surface area contributed by atoms with Gasteiger partial charge in [-0.3, -0.25) is 5.43 Å². The van der Waals surface area contributed by atoms with Crippen LogP contribution in [0, 0.1) is 6.92 Å². The number of thiazole rings is 1. The van der Waals surface area contributed by atoms with Gasteiger partial charge in [0.05, 0.1) is 19.0 Å². The minimum Gasteiger partial charge on any atom is -0.497 e. The summed E-state index contributed by atoms with van der Waals surface area (Å²) in [4.78, 5) is 4.30. The molecule has 3 aromatic rings. The number of methoxy groups -OCH3 is 1. The molecule has 24 heavy (non-hydrogen) atoms. The second-order valence-electron chi connectivity index (χ2n) is 4.98. The predicted octanol–water partition coefficient (Wildman–Crippen LogP) is 4.70. The molecule has 2 aromatic carbocycles. The van der Waals surface area contributed by atoms with E-state index in [0.717, 1.165) is 33.6 Å². The molecule has 0 aliphatic carbocycles. The summed E-state index contributed by atoms with van der Waals surface area (Å²) in [6, 6.07) is 15.2. The molecule has 122 valence electrons. The lowest BCUT2D eigenvalue weighted by atomic mass is 10.2. The number of nitrogens with zero attached hydrogens (tertiary/aromatic N) is 2. The van der Waals surface area contributed by atoms with Crippen molar-refractivity contribution in [1.82, 2.24) is 4.98 Å². The zero-order chi connectivity index (χ0) is 16.8. The fourth-order valence-electron chi connectivity index (χ4n) is 2.01. The molecular formula is C18H17N3O2S. The average Bonchev–Trinajstić information content (AvgIpc) is 3.02. The summed E-state index contributed by atoms with van der Waals surface area (Å²) in [7, 11) is 1.64. The first kappa shape index (κ1) is 16.0. The monoisotopic (exact) mass is 339 g/mol. The number of benzene rings is 2. The molecular weight excluding hydrogens is 322 g/mol. The van der Waals surface area contributed by atoms with Crippen LogP contribution < -0.4 is 14.9 Å². The Morgan fingerprint density at radius 2 is 1.83 bits per heavy atom. The zero-order valence-corrected chi connectivity index (χ0v) is 14.2. The highest BCUT2D eigenvalue weighted by Gasteiger charge is 2.03. The van der Waals surface area contributed by atoms with Gasteiger partial charge in [-0.2, -0.15) is 5.10 Å². The number of ether oxygens (including phenoxy) is 2. The summed E-state index contributed by atoms with van der Waals surface area (Å²) < 4.78 is 11.1. The number of para-hydroxylation sites is 1. The zero-order valence-electron chi connectivity index (χ0n) is 13.4. The Labute approximate surface area is 144 Å². The van der Waals surface area contributed by atoms with Crippen molar-refractivity contribution in [3.05, 3.63) is 65.2 Å². The highest BCUT2D eigenvalue weighted by molar-refractivity contribution is 7.13. The highest BCUT2D eigenvalue weighted by Crippen LogP contribution is 2.26. The SMILES string of the molecule is COc1ccc(Oc2ccccc2C=NNc2nc(C)cs2)cc1. The van der Waals surface area contributed by atoms with Crippen molar-refractivity contribution in [3.8, 4) is 17.2 Å². The van der Waals surface area contributed by atoms with Crippen LogP contribution in [-0.4, -0.2) is 18.3 Å². The Morgan fingerprint density at radius 3 is 2.54 bits per heavy atom. The van der Waals surface area contributed by atoms with Crippen LogP contribution in [0.1, 0.15) is 11.3 Å². The van der Waals surface area contributed by atoms with E-state index in [-0.39, 0.29) is 0 Å². The number of nitrogens with one attached hydrogen (secondary N) is 1. The van der Waals surface area contributed by atoms with Gasteiger partial charge >= 0.3 is 0 Å². The van der Waals surface area contributed by atoms with Gasteiger partial charge in [0.25, 0.3) is 0 Å². The number of hydrogen-bond acceptors (Lipinski definition) is 6. The first-order valence-electron chi connectivity index (χ1n) is 7.37.